The molecule has 6 nitrogen and oxygen atoms in total. The molecule has 0 fully saturated rings. The van der Waals surface area contributed by atoms with Crippen LogP contribution in [0.15, 0.2) is 40.9 Å². The first-order valence-electron chi connectivity index (χ1n) is 7.52. The molecule has 0 atom stereocenters. The number of benzene rings is 2. The van der Waals surface area contributed by atoms with E-state index < -0.39 is 0 Å². The Bertz CT molecular complexity index is 710. The molecule has 0 unspecified atom stereocenters. The lowest BCUT2D eigenvalue weighted by Gasteiger charge is -2.14. The first kappa shape index (κ1) is 18.9. The van der Waals surface area contributed by atoms with Gasteiger partial charge in [-0.1, -0.05) is 12.1 Å². The fourth-order valence-electron chi connectivity index (χ4n) is 2.19. The van der Waals surface area contributed by atoms with Gasteiger partial charge in [-0.25, -0.2) is 0 Å². The van der Waals surface area contributed by atoms with Gasteiger partial charge >= 0.3 is 0 Å². The summed E-state index contributed by atoms with van der Waals surface area (Å²) in [5.74, 6) is 1.97. The van der Waals surface area contributed by atoms with Crippen molar-refractivity contribution in [2.24, 2.45) is 0 Å². The van der Waals surface area contributed by atoms with Gasteiger partial charge in [0.25, 0.3) is 5.91 Å². The van der Waals surface area contributed by atoms with Crippen LogP contribution >= 0.6 is 15.9 Å². The second-order valence-corrected chi connectivity index (χ2v) is 5.88. The monoisotopic (exact) mass is 409 g/mol. The minimum absolute atomic E-state index is 0.0764. The average Bonchev–Trinajstić information content (AvgIpc) is 2.64. The summed E-state index contributed by atoms with van der Waals surface area (Å²) in [4.78, 5) is 12.0. The highest BCUT2D eigenvalue weighted by atomic mass is 79.9. The third-order valence-corrected chi connectivity index (χ3v) is 4.06. The Hall–Kier alpha value is -2.41. The summed E-state index contributed by atoms with van der Waals surface area (Å²) in [5, 5.41) is 2.80. The van der Waals surface area contributed by atoms with Crippen LogP contribution in [0.3, 0.4) is 0 Å². The number of halogens is 1. The van der Waals surface area contributed by atoms with Crippen LogP contribution in [0, 0.1) is 0 Å². The Labute approximate surface area is 155 Å². The van der Waals surface area contributed by atoms with Gasteiger partial charge in [0.15, 0.2) is 18.1 Å². The molecule has 2 aromatic rings. The number of para-hydroxylation sites is 1. The van der Waals surface area contributed by atoms with E-state index in [1.54, 1.807) is 39.5 Å². The molecule has 0 saturated heterocycles. The van der Waals surface area contributed by atoms with Crippen LogP contribution < -0.4 is 24.3 Å². The second-order valence-electron chi connectivity index (χ2n) is 5.03. The molecule has 2 rings (SSSR count). The Kier molecular flexibility index (Phi) is 6.94. The summed E-state index contributed by atoms with van der Waals surface area (Å²) < 4.78 is 22.2. The zero-order chi connectivity index (χ0) is 18.2. The molecule has 0 aromatic heterocycles. The van der Waals surface area contributed by atoms with E-state index >= 15 is 0 Å². The molecule has 0 spiro atoms. The van der Waals surface area contributed by atoms with Gasteiger partial charge in [-0.3, -0.25) is 4.79 Å². The molecule has 1 N–H and O–H groups in total. The van der Waals surface area contributed by atoms with Crippen LogP contribution in [-0.2, 0) is 11.3 Å². The lowest BCUT2D eigenvalue weighted by atomic mass is 10.1. The van der Waals surface area contributed by atoms with Crippen molar-refractivity contribution in [1.29, 1.82) is 0 Å². The maximum atomic E-state index is 12.0. The number of carbonyl (C=O) groups is 1. The van der Waals surface area contributed by atoms with E-state index in [4.69, 9.17) is 18.9 Å². The third kappa shape index (κ3) is 5.03. The van der Waals surface area contributed by atoms with Crippen LogP contribution in [0.1, 0.15) is 5.56 Å². The molecule has 134 valence electrons. The van der Waals surface area contributed by atoms with Crippen molar-refractivity contribution in [3.63, 3.8) is 0 Å². The van der Waals surface area contributed by atoms with E-state index in [0.717, 1.165) is 10.0 Å². The molecule has 0 saturated carbocycles. The van der Waals surface area contributed by atoms with Crippen LogP contribution in [0.4, 0.5) is 0 Å². The lowest BCUT2D eigenvalue weighted by Crippen LogP contribution is -2.28. The normalized spacial score (nSPS) is 10.1. The molecule has 2 aromatic carbocycles. The van der Waals surface area contributed by atoms with Crippen molar-refractivity contribution in [3.05, 3.63) is 46.4 Å². The first-order valence-corrected chi connectivity index (χ1v) is 8.31. The van der Waals surface area contributed by atoms with Gasteiger partial charge in [0.05, 0.1) is 25.8 Å². The van der Waals surface area contributed by atoms with Crippen molar-refractivity contribution in [2.75, 3.05) is 27.9 Å². The largest absolute Gasteiger partial charge is 0.493 e. The van der Waals surface area contributed by atoms with Gasteiger partial charge in [0.1, 0.15) is 5.75 Å². The number of rotatable bonds is 8. The van der Waals surface area contributed by atoms with Crippen LogP contribution in [-0.4, -0.2) is 33.8 Å². The van der Waals surface area contributed by atoms with Crippen molar-refractivity contribution in [2.45, 2.75) is 6.54 Å². The molecule has 0 heterocycles. The Balaban J connectivity index is 1.96. The maximum absolute atomic E-state index is 12.0. The molecular formula is C18H20BrNO5. The zero-order valence-electron chi connectivity index (χ0n) is 14.3. The van der Waals surface area contributed by atoms with Gasteiger partial charge < -0.3 is 24.3 Å². The molecule has 0 aliphatic heterocycles. The first-order chi connectivity index (χ1) is 12.1. The molecule has 0 radical (unpaired) electrons. The van der Waals surface area contributed by atoms with Crippen molar-refractivity contribution < 1.29 is 23.7 Å². The molecule has 0 aliphatic carbocycles. The van der Waals surface area contributed by atoms with Crippen LogP contribution in [0.25, 0.3) is 0 Å². The predicted octanol–water partition coefficient (Wildman–Crippen LogP) is 3.17. The summed E-state index contributed by atoms with van der Waals surface area (Å²) in [6, 6.07) is 10.9. The van der Waals surface area contributed by atoms with E-state index in [1.807, 2.05) is 18.2 Å². The predicted molar refractivity (Wildman–Crippen MR) is 97.6 cm³/mol. The van der Waals surface area contributed by atoms with Crippen molar-refractivity contribution in [3.8, 4) is 23.0 Å². The minimum Gasteiger partial charge on any atom is -0.493 e. The highest BCUT2D eigenvalue weighted by molar-refractivity contribution is 9.10. The Morgan fingerprint density at radius 2 is 1.64 bits per heavy atom. The summed E-state index contributed by atoms with van der Waals surface area (Å²) in [5.41, 5.74) is 0.823. The molecule has 0 bridgehead atoms. The van der Waals surface area contributed by atoms with Gasteiger partial charge in [-0.15, -0.1) is 0 Å². The minimum atomic E-state index is -0.232. The SMILES string of the molecule is COc1cc(CNC(=O)COc2ccccc2Br)cc(OC)c1OC. The van der Waals surface area contributed by atoms with Crippen LogP contribution in [0.5, 0.6) is 23.0 Å². The standard InChI is InChI=1S/C18H20BrNO5/c1-22-15-8-12(9-16(23-2)18(15)24-3)10-20-17(21)11-25-14-7-5-4-6-13(14)19/h4-9H,10-11H2,1-3H3,(H,20,21). The van der Waals surface area contributed by atoms with E-state index in [9.17, 15) is 4.79 Å². The average molecular weight is 410 g/mol. The molecular weight excluding hydrogens is 390 g/mol. The topological polar surface area (TPSA) is 66.0 Å². The van der Waals surface area contributed by atoms with E-state index in [1.165, 1.54) is 0 Å². The molecule has 25 heavy (non-hydrogen) atoms. The Morgan fingerprint density at radius 3 is 2.20 bits per heavy atom. The summed E-state index contributed by atoms with van der Waals surface area (Å²) in [7, 11) is 4.64. The van der Waals surface area contributed by atoms with E-state index in [0.29, 0.717) is 29.5 Å². The second kappa shape index (κ2) is 9.17. The highest BCUT2D eigenvalue weighted by Crippen LogP contribution is 2.38. The highest BCUT2D eigenvalue weighted by Gasteiger charge is 2.13. The number of ether oxygens (including phenoxy) is 4. The van der Waals surface area contributed by atoms with Crippen molar-refractivity contribution in [1.82, 2.24) is 5.32 Å². The summed E-state index contributed by atoms with van der Waals surface area (Å²) >= 11 is 3.37. The fraction of sp³-hybridized carbons (Fsp3) is 0.278. The maximum Gasteiger partial charge on any atom is 0.258 e. The molecule has 0 aliphatic rings. The molecule has 7 heteroatoms. The number of hydrogen-bond donors (Lipinski definition) is 1. The number of nitrogens with one attached hydrogen (secondary N) is 1. The quantitative estimate of drug-likeness (QED) is 0.725. The third-order valence-electron chi connectivity index (χ3n) is 3.41. The van der Waals surface area contributed by atoms with Crippen molar-refractivity contribution >= 4 is 21.8 Å². The number of amides is 1. The van der Waals surface area contributed by atoms with Gasteiger partial charge in [0, 0.05) is 6.54 Å². The fourth-order valence-corrected chi connectivity index (χ4v) is 2.59. The lowest BCUT2D eigenvalue weighted by molar-refractivity contribution is -0.123. The summed E-state index contributed by atoms with van der Waals surface area (Å²) in [6.07, 6.45) is 0. The smallest absolute Gasteiger partial charge is 0.258 e. The van der Waals surface area contributed by atoms with E-state index in [-0.39, 0.29) is 12.5 Å². The van der Waals surface area contributed by atoms with E-state index in [2.05, 4.69) is 21.2 Å². The summed E-state index contributed by atoms with van der Waals surface area (Å²) in [6.45, 7) is 0.238. The van der Waals surface area contributed by atoms with Gasteiger partial charge in [-0.2, -0.15) is 0 Å². The van der Waals surface area contributed by atoms with Gasteiger partial charge in [0.2, 0.25) is 5.75 Å². The number of methoxy groups -OCH3 is 3. The molecule has 1 amide bonds. The number of hydrogen-bond acceptors (Lipinski definition) is 5. The van der Waals surface area contributed by atoms with Crippen LogP contribution in [0.2, 0.25) is 0 Å². The Morgan fingerprint density at radius 1 is 1.00 bits per heavy atom. The zero-order valence-corrected chi connectivity index (χ0v) is 15.9. The number of carbonyl (C=O) groups excluding carboxylic acids is 1. The van der Waals surface area contributed by atoms with Gasteiger partial charge in [-0.05, 0) is 45.8 Å².